The number of nitrogens with one attached hydrogen (secondary N) is 3. The zero-order valence-electron chi connectivity index (χ0n) is 17.3. The number of methoxy groups -OCH3 is 1. The smallest absolute Gasteiger partial charge is 0.325 e. The molecule has 0 bridgehead atoms. The van der Waals surface area contributed by atoms with Gasteiger partial charge in [-0.05, 0) is 49.3 Å². The predicted molar refractivity (Wildman–Crippen MR) is 108 cm³/mol. The Hall–Kier alpha value is -3.10. The van der Waals surface area contributed by atoms with Crippen LogP contribution in [0.25, 0.3) is 0 Å². The van der Waals surface area contributed by atoms with Crippen LogP contribution in [0.1, 0.15) is 38.2 Å². The molecule has 0 radical (unpaired) electrons. The molecule has 0 atom stereocenters. The molecule has 1 heterocycles. The Morgan fingerprint density at radius 2 is 1.80 bits per heavy atom. The molecule has 9 nitrogen and oxygen atoms in total. The molecule has 30 heavy (non-hydrogen) atoms. The third-order valence-corrected chi connectivity index (χ3v) is 5.77. The van der Waals surface area contributed by atoms with Gasteiger partial charge < -0.3 is 20.7 Å². The maximum absolute atomic E-state index is 12.8. The number of benzene rings is 1. The molecule has 9 heteroatoms. The molecule has 1 aliphatic carbocycles. The molecule has 1 saturated carbocycles. The van der Waals surface area contributed by atoms with E-state index >= 15 is 0 Å². The van der Waals surface area contributed by atoms with Crippen molar-refractivity contribution in [1.82, 2.24) is 20.9 Å². The minimum atomic E-state index is -0.875. The fraction of sp³-hybridized carbons (Fsp3) is 0.524. The molecule has 0 unspecified atom stereocenters. The second kappa shape index (κ2) is 9.15. The highest BCUT2D eigenvalue weighted by atomic mass is 16.5. The molecule has 1 aromatic rings. The lowest BCUT2D eigenvalue weighted by Crippen LogP contribution is -2.50. The highest BCUT2D eigenvalue weighted by Crippen LogP contribution is 2.36. The second-order valence-electron chi connectivity index (χ2n) is 7.99. The molecule has 162 valence electrons. The molecule has 3 rings (SSSR count). The molecular weight excluding hydrogens is 388 g/mol. The first-order chi connectivity index (χ1) is 14.3. The Balaban J connectivity index is 1.43. The van der Waals surface area contributed by atoms with Crippen LogP contribution >= 0.6 is 0 Å². The maximum atomic E-state index is 12.8. The van der Waals surface area contributed by atoms with E-state index in [0.717, 1.165) is 29.1 Å². The zero-order chi connectivity index (χ0) is 21.7. The summed E-state index contributed by atoms with van der Waals surface area (Å²) in [4.78, 5) is 50.1. The SMILES string of the molecule is COc1ccc(CNC(=O)CNC(=O)CN2C(=O)NC3(CCC(C)CC3)C2=O)cc1. The third-order valence-electron chi connectivity index (χ3n) is 5.77. The lowest BCUT2D eigenvalue weighted by atomic mass is 9.77. The predicted octanol–water partition coefficient (Wildman–Crippen LogP) is 0.928. The van der Waals surface area contributed by atoms with Gasteiger partial charge in [0, 0.05) is 6.54 Å². The summed E-state index contributed by atoms with van der Waals surface area (Å²) < 4.78 is 5.08. The first kappa shape index (κ1) is 21.6. The van der Waals surface area contributed by atoms with Gasteiger partial charge in [0.15, 0.2) is 0 Å². The van der Waals surface area contributed by atoms with Gasteiger partial charge in [-0.3, -0.25) is 19.3 Å². The maximum Gasteiger partial charge on any atom is 0.325 e. The largest absolute Gasteiger partial charge is 0.497 e. The normalized spacial score (nSPS) is 23.3. The van der Waals surface area contributed by atoms with Gasteiger partial charge in [-0.2, -0.15) is 0 Å². The molecule has 5 amide bonds. The van der Waals surface area contributed by atoms with Gasteiger partial charge in [0.25, 0.3) is 5.91 Å². The van der Waals surface area contributed by atoms with Gasteiger partial charge in [0.05, 0.1) is 13.7 Å². The molecule has 0 aromatic heterocycles. The number of rotatable bonds is 7. The quantitative estimate of drug-likeness (QED) is 0.572. The number of carbonyl (C=O) groups is 4. The monoisotopic (exact) mass is 416 g/mol. The average Bonchev–Trinajstić information content (AvgIpc) is 2.97. The number of hydrogen-bond acceptors (Lipinski definition) is 5. The summed E-state index contributed by atoms with van der Waals surface area (Å²) in [5.74, 6) is -0.0246. The van der Waals surface area contributed by atoms with Gasteiger partial charge in [-0.15, -0.1) is 0 Å². The Kier molecular flexibility index (Phi) is 6.59. The van der Waals surface area contributed by atoms with Crippen molar-refractivity contribution in [2.24, 2.45) is 5.92 Å². The van der Waals surface area contributed by atoms with Crippen molar-refractivity contribution >= 4 is 23.8 Å². The van der Waals surface area contributed by atoms with Crippen molar-refractivity contribution < 1.29 is 23.9 Å². The van der Waals surface area contributed by atoms with E-state index in [1.54, 1.807) is 19.2 Å². The third kappa shape index (κ3) is 4.90. The number of nitrogens with zero attached hydrogens (tertiary/aromatic N) is 1. The van der Waals surface area contributed by atoms with Crippen molar-refractivity contribution in [2.75, 3.05) is 20.2 Å². The lowest BCUT2D eigenvalue weighted by molar-refractivity contribution is -0.136. The number of carbonyl (C=O) groups excluding carboxylic acids is 4. The molecular formula is C21H28N4O5. The fourth-order valence-electron chi connectivity index (χ4n) is 3.80. The Morgan fingerprint density at radius 1 is 1.13 bits per heavy atom. The van der Waals surface area contributed by atoms with Gasteiger partial charge in [0.1, 0.15) is 17.8 Å². The summed E-state index contributed by atoms with van der Waals surface area (Å²) in [7, 11) is 1.58. The van der Waals surface area contributed by atoms with Crippen molar-refractivity contribution in [1.29, 1.82) is 0 Å². The zero-order valence-corrected chi connectivity index (χ0v) is 17.3. The summed E-state index contributed by atoms with van der Waals surface area (Å²) >= 11 is 0. The number of imide groups is 1. The second-order valence-corrected chi connectivity index (χ2v) is 7.99. The molecule has 2 aliphatic rings. The summed E-state index contributed by atoms with van der Waals surface area (Å²) in [6, 6.07) is 6.70. The van der Waals surface area contributed by atoms with Crippen LogP contribution < -0.4 is 20.7 Å². The molecule has 2 fully saturated rings. The minimum absolute atomic E-state index is 0.235. The van der Waals surface area contributed by atoms with Crippen LogP contribution in [0.5, 0.6) is 5.75 Å². The molecule has 1 spiro atoms. The number of amides is 5. The van der Waals surface area contributed by atoms with E-state index in [9.17, 15) is 19.2 Å². The van der Waals surface area contributed by atoms with Crippen molar-refractivity contribution in [3.8, 4) is 5.75 Å². The van der Waals surface area contributed by atoms with E-state index in [2.05, 4.69) is 22.9 Å². The highest BCUT2D eigenvalue weighted by Gasteiger charge is 2.52. The fourth-order valence-corrected chi connectivity index (χ4v) is 3.80. The average molecular weight is 416 g/mol. The van der Waals surface area contributed by atoms with Crippen LogP contribution in [0, 0.1) is 5.92 Å². The molecule has 1 aliphatic heterocycles. The van der Waals surface area contributed by atoms with Crippen LogP contribution in [0.15, 0.2) is 24.3 Å². The summed E-state index contributed by atoms with van der Waals surface area (Å²) in [6.07, 6.45) is 2.90. The Bertz CT molecular complexity index is 815. The topological polar surface area (TPSA) is 117 Å². The van der Waals surface area contributed by atoms with Crippen LogP contribution in [-0.4, -0.2) is 54.4 Å². The first-order valence-electron chi connectivity index (χ1n) is 10.1. The molecule has 3 N–H and O–H groups in total. The van der Waals surface area contributed by atoms with E-state index in [1.165, 1.54) is 0 Å². The van der Waals surface area contributed by atoms with Gasteiger partial charge in [-0.1, -0.05) is 19.1 Å². The number of hydrogen-bond donors (Lipinski definition) is 3. The van der Waals surface area contributed by atoms with Crippen LogP contribution in [0.3, 0.4) is 0 Å². The Labute approximate surface area is 175 Å². The highest BCUT2D eigenvalue weighted by molar-refractivity contribution is 6.09. The minimum Gasteiger partial charge on any atom is -0.497 e. The Morgan fingerprint density at radius 3 is 2.43 bits per heavy atom. The van der Waals surface area contributed by atoms with Crippen molar-refractivity contribution in [3.63, 3.8) is 0 Å². The summed E-state index contributed by atoms with van der Waals surface area (Å²) in [5, 5.41) is 7.93. The molecule has 1 aromatic carbocycles. The van der Waals surface area contributed by atoms with E-state index in [1.807, 2.05) is 12.1 Å². The van der Waals surface area contributed by atoms with Crippen LogP contribution in [0.2, 0.25) is 0 Å². The van der Waals surface area contributed by atoms with Crippen molar-refractivity contribution in [2.45, 2.75) is 44.7 Å². The number of ether oxygens (including phenoxy) is 1. The van der Waals surface area contributed by atoms with Crippen LogP contribution in [-0.2, 0) is 20.9 Å². The van der Waals surface area contributed by atoms with Gasteiger partial charge in [0.2, 0.25) is 11.8 Å². The van der Waals surface area contributed by atoms with E-state index in [4.69, 9.17) is 4.74 Å². The number of urea groups is 1. The van der Waals surface area contributed by atoms with E-state index in [0.29, 0.717) is 25.3 Å². The van der Waals surface area contributed by atoms with Gasteiger partial charge >= 0.3 is 6.03 Å². The van der Waals surface area contributed by atoms with E-state index < -0.39 is 24.0 Å². The lowest BCUT2D eigenvalue weighted by Gasteiger charge is -2.33. The van der Waals surface area contributed by atoms with Crippen molar-refractivity contribution in [3.05, 3.63) is 29.8 Å². The standard InChI is InChI=1S/C21H28N4O5/c1-14-7-9-21(10-8-14)19(28)25(20(29)24-21)13-18(27)23-12-17(26)22-11-15-3-5-16(30-2)6-4-15/h3-6,14H,7-13H2,1-2H3,(H,22,26)(H,23,27)(H,24,29). The summed E-state index contributed by atoms with van der Waals surface area (Å²) in [5.41, 5.74) is 0.0153. The molecule has 1 saturated heterocycles. The van der Waals surface area contributed by atoms with Gasteiger partial charge in [-0.25, -0.2) is 4.79 Å². The van der Waals surface area contributed by atoms with E-state index in [-0.39, 0.29) is 18.4 Å². The first-order valence-corrected chi connectivity index (χ1v) is 10.1. The summed E-state index contributed by atoms with van der Waals surface area (Å²) in [6.45, 7) is 1.81. The van der Waals surface area contributed by atoms with Crippen LogP contribution in [0.4, 0.5) is 4.79 Å².